The highest BCUT2D eigenvalue weighted by Crippen LogP contribution is 2.22. The minimum Gasteiger partial charge on any atom is -0.392 e. The number of benzene rings is 1. The van der Waals surface area contributed by atoms with Crippen molar-refractivity contribution in [1.82, 2.24) is 0 Å². The average Bonchev–Trinajstić information content (AvgIpc) is 2.35. The average molecular weight is 263 g/mol. The summed E-state index contributed by atoms with van der Waals surface area (Å²) in [6.45, 7) is 8.75. The van der Waals surface area contributed by atoms with Crippen molar-refractivity contribution < 1.29 is 5.11 Å². The summed E-state index contributed by atoms with van der Waals surface area (Å²) in [5.41, 5.74) is 8.74. The lowest BCUT2D eigenvalue weighted by molar-refractivity contribution is 0.131. The smallest absolute Gasteiger partial charge is 0.0694 e. The van der Waals surface area contributed by atoms with E-state index in [1.165, 1.54) is 11.1 Å². The number of aryl methyl sites for hydroxylation is 1. The molecule has 0 spiro atoms. The van der Waals surface area contributed by atoms with E-state index in [1.54, 1.807) is 0 Å². The zero-order valence-electron chi connectivity index (χ0n) is 12.8. The molecule has 0 aliphatic rings. The van der Waals surface area contributed by atoms with Crippen LogP contribution in [0.3, 0.4) is 0 Å². The molecule has 0 aliphatic carbocycles. The van der Waals surface area contributed by atoms with Crippen LogP contribution in [0.1, 0.15) is 58.1 Å². The molecule has 2 nitrogen and oxygen atoms in total. The summed E-state index contributed by atoms with van der Waals surface area (Å²) in [5.74, 6) is 0. The number of hydrogen-bond acceptors (Lipinski definition) is 2. The van der Waals surface area contributed by atoms with Crippen LogP contribution in [0.4, 0.5) is 0 Å². The fourth-order valence-corrected chi connectivity index (χ4v) is 2.23. The molecular formula is C17H29NO. The largest absolute Gasteiger partial charge is 0.392 e. The Bertz CT molecular complexity index is 364. The van der Waals surface area contributed by atoms with E-state index >= 15 is 0 Å². The first kappa shape index (κ1) is 16.2. The van der Waals surface area contributed by atoms with Gasteiger partial charge < -0.3 is 10.8 Å². The number of hydrogen-bond donors (Lipinski definition) is 2. The van der Waals surface area contributed by atoms with Gasteiger partial charge in [-0.1, -0.05) is 58.4 Å². The van der Waals surface area contributed by atoms with Gasteiger partial charge >= 0.3 is 0 Å². The molecule has 0 fully saturated rings. The van der Waals surface area contributed by atoms with E-state index in [0.29, 0.717) is 0 Å². The van der Waals surface area contributed by atoms with E-state index in [1.807, 2.05) is 0 Å². The van der Waals surface area contributed by atoms with Crippen LogP contribution in [0.5, 0.6) is 0 Å². The Morgan fingerprint density at radius 2 is 1.68 bits per heavy atom. The third-order valence-electron chi connectivity index (χ3n) is 3.66. The first-order valence-electron chi connectivity index (χ1n) is 7.37. The highest BCUT2D eigenvalue weighted by atomic mass is 16.3. The van der Waals surface area contributed by atoms with Gasteiger partial charge in [-0.15, -0.1) is 0 Å². The number of aliphatic hydroxyl groups excluding tert-OH is 1. The van der Waals surface area contributed by atoms with Crippen LogP contribution < -0.4 is 5.73 Å². The van der Waals surface area contributed by atoms with E-state index < -0.39 is 0 Å². The minimum absolute atomic E-state index is 0.0844. The molecular weight excluding hydrogens is 234 g/mol. The lowest BCUT2D eigenvalue weighted by atomic mass is 9.86. The zero-order valence-corrected chi connectivity index (χ0v) is 12.8. The van der Waals surface area contributed by atoms with Gasteiger partial charge in [0.1, 0.15) is 0 Å². The van der Waals surface area contributed by atoms with Crippen molar-refractivity contribution >= 4 is 0 Å². The highest BCUT2D eigenvalue weighted by molar-refractivity contribution is 5.27. The second kappa shape index (κ2) is 7.06. The molecule has 0 amide bonds. The van der Waals surface area contributed by atoms with Crippen LogP contribution in [0.25, 0.3) is 0 Å². The quantitative estimate of drug-likeness (QED) is 0.826. The van der Waals surface area contributed by atoms with Gasteiger partial charge in [0.05, 0.1) is 6.10 Å². The minimum atomic E-state index is -0.387. The summed E-state index contributed by atoms with van der Waals surface area (Å²) in [6, 6.07) is 8.62. The Hall–Kier alpha value is -0.860. The van der Waals surface area contributed by atoms with E-state index in [0.717, 1.165) is 25.7 Å². The number of nitrogens with two attached hydrogens (primary N) is 1. The van der Waals surface area contributed by atoms with E-state index in [2.05, 4.69) is 52.0 Å². The molecule has 108 valence electrons. The van der Waals surface area contributed by atoms with Crippen molar-refractivity contribution in [3.8, 4) is 0 Å². The van der Waals surface area contributed by atoms with Gasteiger partial charge in [-0.2, -0.15) is 0 Å². The van der Waals surface area contributed by atoms with Crippen molar-refractivity contribution in [3.05, 3.63) is 35.4 Å². The molecule has 2 unspecified atom stereocenters. The van der Waals surface area contributed by atoms with E-state index in [4.69, 9.17) is 5.73 Å². The molecule has 1 aromatic carbocycles. The van der Waals surface area contributed by atoms with Crippen molar-refractivity contribution in [3.63, 3.8) is 0 Å². The molecule has 0 saturated heterocycles. The van der Waals surface area contributed by atoms with E-state index in [-0.39, 0.29) is 17.6 Å². The maximum Gasteiger partial charge on any atom is 0.0694 e. The monoisotopic (exact) mass is 263 g/mol. The molecule has 0 bridgehead atoms. The fourth-order valence-electron chi connectivity index (χ4n) is 2.23. The predicted octanol–water partition coefficient (Wildman–Crippen LogP) is 3.41. The summed E-state index contributed by atoms with van der Waals surface area (Å²) in [4.78, 5) is 0. The molecule has 0 aromatic heterocycles. The summed E-state index contributed by atoms with van der Waals surface area (Å²) in [5, 5.41) is 9.97. The second-order valence-corrected chi connectivity index (χ2v) is 6.51. The van der Waals surface area contributed by atoms with Crippen LogP contribution in [0.15, 0.2) is 24.3 Å². The molecule has 0 aliphatic heterocycles. The first-order valence-corrected chi connectivity index (χ1v) is 7.37. The molecule has 0 saturated carbocycles. The predicted molar refractivity (Wildman–Crippen MR) is 82.4 cm³/mol. The van der Waals surface area contributed by atoms with Crippen molar-refractivity contribution in [2.75, 3.05) is 0 Å². The van der Waals surface area contributed by atoms with Crippen LogP contribution in [0, 0.1) is 0 Å². The highest BCUT2D eigenvalue weighted by Gasteiger charge is 2.15. The first-order chi connectivity index (χ1) is 8.84. The third kappa shape index (κ3) is 5.33. The van der Waals surface area contributed by atoms with Gasteiger partial charge in [0.15, 0.2) is 0 Å². The van der Waals surface area contributed by atoms with Gasteiger partial charge in [0, 0.05) is 6.04 Å². The van der Waals surface area contributed by atoms with Gasteiger partial charge in [0.2, 0.25) is 0 Å². The van der Waals surface area contributed by atoms with Gasteiger partial charge in [-0.05, 0) is 35.8 Å². The standard InChI is InChI=1S/C17H29NO/c1-5-6-15(18)16(19)12-9-13-7-10-14(11-8-13)17(2,3)4/h7-8,10-11,15-16,19H,5-6,9,12,18H2,1-4H3. The van der Waals surface area contributed by atoms with Crippen LogP contribution in [-0.2, 0) is 11.8 Å². The Morgan fingerprint density at radius 1 is 1.11 bits per heavy atom. The zero-order chi connectivity index (χ0) is 14.5. The molecule has 1 aromatic rings. The Morgan fingerprint density at radius 3 is 2.16 bits per heavy atom. The maximum atomic E-state index is 9.97. The number of rotatable bonds is 6. The van der Waals surface area contributed by atoms with Gasteiger partial charge in [-0.3, -0.25) is 0 Å². The third-order valence-corrected chi connectivity index (χ3v) is 3.66. The molecule has 19 heavy (non-hydrogen) atoms. The lowest BCUT2D eigenvalue weighted by Crippen LogP contribution is -2.34. The fraction of sp³-hybridized carbons (Fsp3) is 0.647. The SMILES string of the molecule is CCCC(N)C(O)CCc1ccc(C(C)(C)C)cc1. The summed E-state index contributed by atoms with van der Waals surface area (Å²) < 4.78 is 0. The van der Waals surface area contributed by atoms with E-state index in [9.17, 15) is 5.11 Å². The Kier molecular flexibility index (Phi) is 6.02. The van der Waals surface area contributed by atoms with Gasteiger partial charge in [-0.25, -0.2) is 0 Å². The van der Waals surface area contributed by atoms with Crippen LogP contribution in [-0.4, -0.2) is 17.3 Å². The number of aliphatic hydroxyl groups is 1. The van der Waals surface area contributed by atoms with Gasteiger partial charge in [0.25, 0.3) is 0 Å². The van der Waals surface area contributed by atoms with Crippen LogP contribution in [0.2, 0.25) is 0 Å². The second-order valence-electron chi connectivity index (χ2n) is 6.51. The summed E-state index contributed by atoms with van der Waals surface area (Å²) in [6.07, 6.45) is 3.17. The Balaban J connectivity index is 2.50. The molecule has 0 heterocycles. The normalized spacial score (nSPS) is 15.3. The Labute approximate surface area is 118 Å². The van der Waals surface area contributed by atoms with Crippen molar-refractivity contribution in [1.29, 1.82) is 0 Å². The topological polar surface area (TPSA) is 46.2 Å². The molecule has 2 heteroatoms. The van der Waals surface area contributed by atoms with Crippen molar-refractivity contribution in [2.45, 2.75) is 70.9 Å². The van der Waals surface area contributed by atoms with Crippen LogP contribution >= 0.6 is 0 Å². The molecule has 3 N–H and O–H groups in total. The molecule has 1 rings (SSSR count). The molecule has 2 atom stereocenters. The van der Waals surface area contributed by atoms with Crippen molar-refractivity contribution in [2.24, 2.45) is 5.73 Å². The summed E-state index contributed by atoms with van der Waals surface area (Å²) >= 11 is 0. The summed E-state index contributed by atoms with van der Waals surface area (Å²) in [7, 11) is 0. The lowest BCUT2D eigenvalue weighted by Gasteiger charge is -2.20. The molecule has 0 radical (unpaired) electrons. The maximum absolute atomic E-state index is 9.97.